The van der Waals surface area contributed by atoms with Gasteiger partial charge >= 0.3 is 5.97 Å². The molecule has 4 rings (SSSR count). The third-order valence-corrected chi connectivity index (χ3v) is 6.12. The molecular formula is C18H28O7. The highest BCUT2D eigenvalue weighted by molar-refractivity contribution is 5.65. The minimum atomic E-state index is -1.43. The van der Waals surface area contributed by atoms with E-state index in [1.54, 1.807) is 0 Å². The molecule has 7 nitrogen and oxygen atoms in total. The Labute approximate surface area is 147 Å². The molecule has 4 aliphatic rings. The summed E-state index contributed by atoms with van der Waals surface area (Å²) in [4.78, 5) is 10.9. The van der Waals surface area contributed by atoms with Gasteiger partial charge in [0.25, 0.3) is 0 Å². The largest absolute Gasteiger partial charge is 0.463 e. The maximum Gasteiger partial charge on any atom is 0.302 e. The molecule has 7 atom stereocenters. The number of esters is 1. The number of allylic oxidation sites excluding steroid dienone is 1. The van der Waals surface area contributed by atoms with Crippen LogP contribution in [-0.2, 0) is 19.0 Å². The van der Waals surface area contributed by atoms with Gasteiger partial charge in [-0.05, 0) is 35.7 Å². The van der Waals surface area contributed by atoms with E-state index in [1.165, 1.54) is 12.5 Å². The first-order valence-electron chi connectivity index (χ1n) is 8.85. The molecule has 0 radical (unpaired) electrons. The summed E-state index contributed by atoms with van der Waals surface area (Å²) in [6, 6.07) is 0. The van der Waals surface area contributed by atoms with Gasteiger partial charge in [-0.1, -0.05) is 19.9 Å². The van der Waals surface area contributed by atoms with E-state index in [9.17, 15) is 20.1 Å². The van der Waals surface area contributed by atoms with Crippen molar-refractivity contribution >= 4 is 5.97 Å². The highest BCUT2D eigenvalue weighted by atomic mass is 16.7. The number of carbonyl (C=O) groups excluding carboxylic acids is 1. The average Bonchev–Trinajstić information content (AvgIpc) is 2.58. The Kier molecular flexibility index (Phi) is 5.23. The molecule has 0 aromatic rings. The highest BCUT2D eigenvalue weighted by Gasteiger charge is 2.51. The topological polar surface area (TPSA) is 105 Å². The van der Waals surface area contributed by atoms with Crippen molar-refractivity contribution in [3.05, 3.63) is 11.6 Å². The molecule has 0 amide bonds. The first-order valence-corrected chi connectivity index (χ1v) is 8.85. The van der Waals surface area contributed by atoms with Crippen molar-refractivity contribution in [3.63, 3.8) is 0 Å². The van der Waals surface area contributed by atoms with E-state index in [1.807, 2.05) is 0 Å². The van der Waals surface area contributed by atoms with Gasteiger partial charge < -0.3 is 29.5 Å². The lowest BCUT2D eigenvalue weighted by atomic mass is 9.49. The summed E-state index contributed by atoms with van der Waals surface area (Å²) < 4.78 is 16.1. The fraction of sp³-hybridized carbons (Fsp3) is 0.833. The molecule has 1 saturated carbocycles. The molecule has 25 heavy (non-hydrogen) atoms. The minimum absolute atomic E-state index is 0.208. The zero-order chi connectivity index (χ0) is 18.4. The summed E-state index contributed by atoms with van der Waals surface area (Å²) in [6.45, 7) is 5.88. The Morgan fingerprint density at radius 2 is 2.00 bits per heavy atom. The molecule has 7 heteroatoms. The minimum Gasteiger partial charge on any atom is -0.463 e. The van der Waals surface area contributed by atoms with Crippen molar-refractivity contribution in [2.75, 3.05) is 13.2 Å². The van der Waals surface area contributed by atoms with E-state index in [-0.39, 0.29) is 12.0 Å². The molecule has 0 aromatic carbocycles. The molecular weight excluding hydrogens is 328 g/mol. The van der Waals surface area contributed by atoms with Crippen molar-refractivity contribution in [2.24, 2.45) is 17.3 Å². The number of ether oxygens (including phenoxy) is 3. The van der Waals surface area contributed by atoms with Crippen molar-refractivity contribution in [1.82, 2.24) is 0 Å². The lowest BCUT2D eigenvalue weighted by Crippen LogP contribution is -2.59. The number of hydrogen-bond donors (Lipinski definition) is 3. The van der Waals surface area contributed by atoms with Gasteiger partial charge in [0.05, 0.1) is 6.61 Å². The molecule has 0 aromatic heterocycles. The maximum atomic E-state index is 10.9. The van der Waals surface area contributed by atoms with Crippen LogP contribution in [0.1, 0.15) is 33.6 Å². The van der Waals surface area contributed by atoms with Crippen LogP contribution in [0, 0.1) is 17.3 Å². The molecule has 2 fully saturated rings. The molecule has 3 N–H and O–H groups in total. The van der Waals surface area contributed by atoms with E-state index < -0.39 is 36.7 Å². The van der Waals surface area contributed by atoms with Gasteiger partial charge in [-0.15, -0.1) is 0 Å². The van der Waals surface area contributed by atoms with Crippen molar-refractivity contribution in [3.8, 4) is 0 Å². The Balaban J connectivity index is 1.59. The summed E-state index contributed by atoms with van der Waals surface area (Å²) in [5, 5.41) is 30.1. The molecule has 2 unspecified atom stereocenters. The first kappa shape index (κ1) is 18.8. The zero-order valence-corrected chi connectivity index (χ0v) is 14.9. The van der Waals surface area contributed by atoms with Crippen molar-refractivity contribution < 1.29 is 34.3 Å². The van der Waals surface area contributed by atoms with Gasteiger partial charge in [0, 0.05) is 6.92 Å². The Bertz CT molecular complexity index is 544. The summed E-state index contributed by atoms with van der Waals surface area (Å²) in [7, 11) is 0. The van der Waals surface area contributed by atoms with Crippen LogP contribution in [0.4, 0.5) is 0 Å². The average molecular weight is 356 g/mol. The van der Waals surface area contributed by atoms with Gasteiger partial charge in [-0.3, -0.25) is 4.79 Å². The molecule has 3 aliphatic carbocycles. The number of aliphatic hydroxyl groups is 3. The normalized spacial score (nSPS) is 42.3. The van der Waals surface area contributed by atoms with Crippen LogP contribution in [-0.4, -0.2) is 65.2 Å². The molecule has 2 bridgehead atoms. The van der Waals surface area contributed by atoms with Crippen LogP contribution in [0.25, 0.3) is 0 Å². The van der Waals surface area contributed by atoms with Crippen LogP contribution in [0.5, 0.6) is 0 Å². The Morgan fingerprint density at radius 1 is 1.28 bits per heavy atom. The van der Waals surface area contributed by atoms with E-state index in [4.69, 9.17) is 14.2 Å². The smallest absolute Gasteiger partial charge is 0.302 e. The second-order valence-corrected chi connectivity index (χ2v) is 7.95. The van der Waals surface area contributed by atoms with Crippen LogP contribution in [0.2, 0.25) is 0 Å². The number of rotatable bonds is 5. The number of fused-ring (bicyclic) bond motifs is 1. The number of hydrogen-bond acceptors (Lipinski definition) is 7. The Hall–Kier alpha value is -0.990. The van der Waals surface area contributed by atoms with Crippen LogP contribution in [0.15, 0.2) is 11.6 Å². The van der Waals surface area contributed by atoms with Gasteiger partial charge in [0.2, 0.25) is 0 Å². The second-order valence-electron chi connectivity index (χ2n) is 7.95. The fourth-order valence-corrected chi connectivity index (χ4v) is 4.21. The molecule has 142 valence electrons. The van der Waals surface area contributed by atoms with E-state index in [2.05, 4.69) is 19.9 Å². The number of carbonyl (C=O) groups is 1. The molecule has 1 saturated heterocycles. The first-order chi connectivity index (χ1) is 11.7. The van der Waals surface area contributed by atoms with Gasteiger partial charge in [-0.2, -0.15) is 0 Å². The van der Waals surface area contributed by atoms with Crippen LogP contribution >= 0.6 is 0 Å². The number of aliphatic hydroxyl groups excluding tert-OH is 3. The van der Waals surface area contributed by atoms with Gasteiger partial charge in [0.15, 0.2) is 6.29 Å². The van der Waals surface area contributed by atoms with Crippen LogP contribution < -0.4 is 0 Å². The summed E-state index contributed by atoms with van der Waals surface area (Å²) in [6.07, 6.45) is -1.79. The van der Waals surface area contributed by atoms with Crippen molar-refractivity contribution in [2.45, 2.75) is 64.3 Å². The second kappa shape index (κ2) is 6.96. The van der Waals surface area contributed by atoms with E-state index >= 15 is 0 Å². The monoisotopic (exact) mass is 356 g/mol. The van der Waals surface area contributed by atoms with E-state index in [0.717, 1.165) is 18.8 Å². The third kappa shape index (κ3) is 3.48. The summed E-state index contributed by atoms with van der Waals surface area (Å²) in [5.74, 6) is 0.685. The fourth-order valence-electron chi connectivity index (χ4n) is 4.21. The maximum absolute atomic E-state index is 10.9. The van der Waals surface area contributed by atoms with Crippen LogP contribution in [0.3, 0.4) is 0 Å². The summed E-state index contributed by atoms with van der Waals surface area (Å²) >= 11 is 0. The SMILES string of the molecule is CC(=O)OC[C@H]1O[C@@H](OCC2=CCC3CC2C3(C)C)[C@H](O)[C@@H](O)[C@@H]1O. The quantitative estimate of drug-likeness (QED) is 0.483. The van der Waals surface area contributed by atoms with Gasteiger partial charge in [-0.25, -0.2) is 0 Å². The lowest BCUT2D eigenvalue weighted by molar-refractivity contribution is -0.300. The summed E-state index contributed by atoms with van der Waals surface area (Å²) in [5.41, 5.74) is 1.47. The molecule has 1 heterocycles. The lowest BCUT2D eigenvalue weighted by Gasteiger charge is -2.56. The Morgan fingerprint density at radius 3 is 2.60 bits per heavy atom. The third-order valence-electron chi connectivity index (χ3n) is 6.12. The highest BCUT2D eigenvalue weighted by Crippen LogP contribution is 2.59. The molecule has 1 aliphatic heterocycles. The van der Waals surface area contributed by atoms with E-state index in [0.29, 0.717) is 12.5 Å². The van der Waals surface area contributed by atoms with Crippen molar-refractivity contribution in [1.29, 1.82) is 0 Å². The predicted octanol–water partition coefficient (Wildman–Crippen LogP) is 0.366. The van der Waals surface area contributed by atoms with Gasteiger partial charge in [0.1, 0.15) is 31.0 Å². The standard InChI is InChI=1S/C18H28O7/c1-9(19)23-8-13-14(20)15(21)16(22)17(25-13)24-7-10-4-5-11-6-12(10)18(11,2)3/h4,11-17,20-22H,5-8H2,1-3H3/t11?,12?,13-,14-,15+,16-,17-/m1/s1. The molecule has 0 spiro atoms. The zero-order valence-electron chi connectivity index (χ0n) is 14.9. The predicted molar refractivity (Wildman–Crippen MR) is 87.3 cm³/mol.